The predicted molar refractivity (Wildman–Crippen MR) is 91.0 cm³/mol. The van der Waals surface area contributed by atoms with E-state index in [4.69, 9.17) is 16.3 Å². The van der Waals surface area contributed by atoms with E-state index in [1.807, 2.05) is 24.3 Å². The third-order valence-electron chi connectivity index (χ3n) is 4.85. The van der Waals surface area contributed by atoms with Gasteiger partial charge in [-0.05, 0) is 48.2 Å². The fraction of sp³-hybridized carbons (Fsp3) is 0.316. The van der Waals surface area contributed by atoms with Crippen LogP contribution in [0.15, 0.2) is 48.5 Å². The Balaban J connectivity index is 1.50. The minimum atomic E-state index is -0.909. The van der Waals surface area contributed by atoms with Crippen molar-refractivity contribution in [2.75, 3.05) is 13.2 Å². The molecule has 0 radical (unpaired) electrons. The first kappa shape index (κ1) is 15.6. The Kier molecular flexibility index (Phi) is 3.64. The molecule has 1 aliphatic heterocycles. The molecule has 2 aromatic rings. The molecule has 0 spiro atoms. The number of amides is 1. The Labute approximate surface area is 145 Å². The first-order valence-corrected chi connectivity index (χ1v) is 8.38. The molecule has 2 fully saturated rings. The van der Waals surface area contributed by atoms with Crippen molar-refractivity contribution in [3.63, 3.8) is 0 Å². The van der Waals surface area contributed by atoms with Crippen LogP contribution in [0.1, 0.15) is 34.3 Å². The number of rotatable bonds is 4. The van der Waals surface area contributed by atoms with Crippen molar-refractivity contribution >= 4 is 17.5 Å². The fourth-order valence-corrected chi connectivity index (χ4v) is 3.27. The van der Waals surface area contributed by atoms with Crippen molar-refractivity contribution in [1.82, 2.24) is 5.32 Å². The lowest BCUT2D eigenvalue weighted by molar-refractivity contribution is -0.184. The van der Waals surface area contributed by atoms with Crippen molar-refractivity contribution in [3.8, 4) is 0 Å². The molecule has 4 nitrogen and oxygen atoms in total. The second kappa shape index (κ2) is 5.59. The lowest BCUT2D eigenvalue weighted by atomic mass is 9.91. The van der Waals surface area contributed by atoms with E-state index in [1.54, 1.807) is 24.3 Å². The number of benzene rings is 2. The van der Waals surface area contributed by atoms with Gasteiger partial charge < -0.3 is 15.2 Å². The molecule has 124 valence electrons. The summed E-state index contributed by atoms with van der Waals surface area (Å²) in [4.78, 5) is 12.6. The Morgan fingerprint density at radius 3 is 2.33 bits per heavy atom. The fourth-order valence-electron chi connectivity index (χ4n) is 3.08. The largest absolute Gasteiger partial charge is 0.380 e. The maximum atomic E-state index is 12.6. The van der Waals surface area contributed by atoms with E-state index < -0.39 is 5.60 Å². The number of halogens is 1. The summed E-state index contributed by atoms with van der Waals surface area (Å²) in [6.07, 6.45) is 1.82. The van der Waals surface area contributed by atoms with Crippen molar-refractivity contribution < 1.29 is 14.6 Å². The third-order valence-corrected chi connectivity index (χ3v) is 5.08. The summed E-state index contributed by atoms with van der Waals surface area (Å²) in [6.45, 7) is 0.604. The average molecular weight is 344 g/mol. The molecule has 1 saturated carbocycles. The van der Waals surface area contributed by atoms with Gasteiger partial charge in [-0.3, -0.25) is 4.79 Å². The van der Waals surface area contributed by atoms with Crippen LogP contribution in [0.4, 0.5) is 0 Å². The highest BCUT2D eigenvalue weighted by Crippen LogP contribution is 2.46. The summed E-state index contributed by atoms with van der Waals surface area (Å²) in [6, 6.07) is 14.7. The van der Waals surface area contributed by atoms with Gasteiger partial charge in [0, 0.05) is 10.6 Å². The highest BCUT2D eigenvalue weighted by Gasteiger charge is 2.46. The first-order valence-electron chi connectivity index (χ1n) is 8.00. The van der Waals surface area contributed by atoms with Crippen LogP contribution >= 0.6 is 11.6 Å². The molecule has 1 aliphatic carbocycles. The SMILES string of the molecule is O=C(NC1(c2cccc(Cl)c2)CC1)c1ccc(C2(O)COC2)cc1. The molecule has 2 aliphatic rings. The second-order valence-corrected chi connectivity index (χ2v) is 7.08. The minimum absolute atomic E-state index is 0.115. The highest BCUT2D eigenvalue weighted by molar-refractivity contribution is 6.30. The van der Waals surface area contributed by atoms with Gasteiger partial charge in [0.2, 0.25) is 0 Å². The zero-order valence-corrected chi connectivity index (χ0v) is 13.8. The number of nitrogens with one attached hydrogen (secondary N) is 1. The van der Waals surface area contributed by atoms with Gasteiger partial charge in [0.05, 0.1) is 18.8 Å². The molecule has 0 unspecified atom stereocenters. The normalized spacial score (nSPS) is 20.1. The van der Waals surface area contributed by atoms with Crippen LogP contribution in [0.2, 0.25) is 5.02 Å². The summed E-state index contributed by atoms with van der Waals surface area (Å²) >= 11 is 6.06. The van der Waals surface area contributed by atoms with Crippen molar-refractivity contribution in [3.05, 3.63) is 70.2 Å². The van der Waals surface area contributed by atoms with Gasteiger partial charge in [0.15, 0.2) is 0 Å². The Hall–Kier alpha value is -1.88. The molecule has 0 aromatic heterocycles. The van der Waals surface area contributed by atoms with E-state index in [9.17, 15) is 9.90 Å². The highest BCUT2D eigenvalue weighted by atomic mass is 35.5. The average Bonchev–Trinajstić information content (AvgIpc) is 3.33. The van der Waals surface area contributed by atoms with Gasteiger partial charge in [-0.15, -0.1) is 0 Å². The predicted octanol–water partition coefficient (Wildman–Crippen LogP) is 2.98. The van der Waals surface area contributed by atoms with Crippen LogP contribution in [-0.2, 0) is 15.9 Å². The van der Waals surface area contributed by atoms with Crippen molar-refractivity contribution in [2.45, 2.75) is 24.0 Å². The maximum Gasteiger partial charge on any atom is 0.251 e. The van der Waals surface area contributed by atoms with E-state index in [0.717, 1.165) is 24.0 Å². The Morgan fingerprint density at radius 1 is 1.08 bits per heavy atom. The molecule has 1 heterocycles. The lowest BCUT2D eigenvalue weighted by Gasteiger charge is -2.36. The smallest absolute Gasteiger partial charge is 0.251 e. The van der Waals surface area contributed by atoms with Gasteiger partial charge in [0.25, 0.3) is 5.91 Å². The van der Waals surface area contributed by atoms with Gasteiger partial charge in [-0.1, -0.05) is 35.9 Å². The summed E-state index contributed by atoms with van der Waals surface area (Å²) < 4.78 is 5.06. The number of ether oxygens (including phenoxy) is 1. The summed E-state index contributed by atoms with van der Waals surface area (Å²) in [7, 11) is 0. The molecule has 1 amide bonds. The van der Waals surface area contributed by atoms with Gasteiger partial charge in [-0.25, -0.2) is 0 Å². The number of hydrogen-bond donors (Lipinski definition) is 2. The van der Waals surface area contributed by atoms with Crippen molar-refractivity contribution in [1.29, 1.82) is 0 Å². The van der Waals surface area contributed by atoms with Crippen LogP contribution in [0.5, 0.6) is 0 Å². The molecule has 1 saturated heterocycles. The number of carbonyl (C=O) groups excluding carboxylic acids is 1. The number of carbonyl (C=O) groups is 1. The van der Waals surface area contributed by atoms with Crippen molar-refractivity contribution in [2.24, 2.45) is 0 Å². The van der Waals surface area contributed by atoms with Crippen LogP contribution in [0.25, 0.3) is 0 Å². The minimum Gasteiger partial charge on any atom is -0.380 e. The molecule has 24 heavy (non-hydrogen) atoms. The molecule has 2 N–H and O–H groups in total. The summed E-state index contributed by atoms with van der Waals surface area (Å²) in [5.41, 5.74) is 1.19. The van der Waals surface area contributed by atoms with E-state index in [1.165, 1.54) is 0 Å². The van der Waals surface area contributed by atoms with Gasteiger partial charge >= 0.3 is 0 Å². The molecule has 4 rings (SSSR count). The topological polar surface area (TPSA) is 58.6 Å². The number of hydrogen-bond acceptors (Lipinski definition) is 3. The molecular weight excluding hydrogens is 326 g/mol. The summed E-state index contributed by atoms with van der Waals surface area (Å²) in [5, 5.41) is 14.0. The van der Waals surface area contributed by atoms with E-state index in [2.05, 4.69) is 5.32 Å². The van der Waals surface area contributed by atoms with Crippen LogP contribution in [0.3, 0.4) is 0 Å². The monoisotopic (exact) mass is 343 g/mol. The molecule has 2 aromatic carbocycles. The second-order valence-electron chi connectivity index (χ2n) is 6.65. The van der Waals surface area contributed by atoms with E-state index >= 15 is 0 Å². The van der Waals surface area contributed by atoms with Crippen LogP contribution < -0.4 is 5.32 Å². The zero-order valence-electron chi connectivity index (χ0n) is 13.1. The quantitative estimate of drug-likeness (QED) is 0.897. The molecule has 0 atom stereocenters. The van der Waals surface area contributed by atoms with Gasteiger partial charge in [0.1, 0.15) is 5.60 Å². The molecular formula is C19H18ClNO3. The number of aliphatic hydroxyl groups is 1. The first-order chi connectivity index (χ1) is 11.5. The van der Waals surface area contributed by atoms with Crippen LogP contribution in [-0.4, -0.2) is 24.2 Å². The zero-order chi connectivity index (χ0) is 16.8. The maximum absolute atomic E-state index is 12.6. The van der Waals surface area contributed by atoms with E-state index in [0.29, 0.717) is 23.8 Å². The van der Waals surface area contributed by atoms with E-state index in [-0.39, 0.29) is 11.4 Å². The lowest BCUT2D eigenvalue weighted by Crippen LogP contribution is -2.46. The standard InChI is InChI=1S/C19H18ClNO3/c20-16-3-1-2-15(10-16)18(8-9-18)21-17(22)13-4-6-14(7-5-13)19(23)11-24-12-19/h1-7,10,23H,8-9,11-12H2,(H,21,22). The summed E-state index contributed by atoms with van der Waals surface area (Å²) in [5.74, 6) is -0.115. The van der Waals surface area contributed by atoms with Gasteiger partial charge in [-0.2, -0.15) is 0 Å². The molecule has 0 bridgehead atoms. The Bertz CT molecular complexity index is 779. The van der Waals surface area contributed by atoms with Crippen LogP contribution in [0, 0.1) is 0 Å². The Morgan fingerprint density at radius 2 is 1.79 bits per heavy atom. The molecule has 5 heteroatoms. The third kappa shape index (κ3) is 2.71.